The fourth-order valence-electron chi connectivity index (χ4n) is 2.09. The van der Waals surface area contributed by atoms with E-state index in [0.717, 1.165) is 0 Å². The van der Waals surface area contributed by atoms with E-state index in [4.69, 9.17) is 0 Å². The number of benzene rings is 1. The van der Waals surface area contributed by atoms with Crippen molar-refractivity contribution >= 4 is 34.1 Å². The van der Waals surface area contributed by atoms with Gasteiger partial charge in [-0.25, -0.2) is 9.37 Å². The molecule has 1 amide bonds. The average molecular weight is 363 g/mol. The summed E-state index contributed by atoms with van der Waals surface area (Å²) in [6.07, 6.45) is 1.63. The van der Waals surface area contributed by atoms with Crippen LogP contribution in [0.3, 0.4) is 0 Å². The Morgan fingerprint density at radius 1 is 1.42 bits per heavy atom. The lowest BCUT2D eigenvalue weighted by atomic mass is 10.2. The largest absolute Gasteiger partial charge is 0.302 e. The second kappa shape index (κ2) is 7.54. The smallest absolute Gasteiger partial charge is 0.236 e. The van der Waals surface area contributed by atoms with Gasteiger partial charge < -0.3 is 9.88 Å². The van der Waals surface area contributed by atoms with Crippen LogP contribution in [0.15, 0.2) is 41.0 Å². The van der Waals surface area contributed by atoms with Gasteiger partial charge in [-0.05, 0) is 19.1 Å². The zero-order valence-corrected chi connectivity index (χ0v) is 14.4. The molecule has 124 valence electrons. The van der Waals surface area contributed by atoms with Crippen molar-refractivity contribution in [2.45, 2.75) is 18.6 Å². The molecule has 0 saturated carbocycles. The van der Waals surface area contributed by atoms with Crippen LogP contribution in [0, 0.1) is 5.82 Å². The van der Waals surface area contributed by atoms with Gasteiger partial charge in [0.05, 0.1) is 5.75 Å². The Bertz CT molecular complexity index is 834. The first kappa shape index (κ1) is 16.6. The molecule has 0 unspecified atom stereocenters. The van der Waals surface area contributed by atoms with E-state index in [9.17, 15) is 9.18 Å². The number of hydrogen-bond donors (Lipinski definition) is 1. The minimum Gasteiger partial charge on any atom is -0.302 e. The van der Waals surface area contributed by atoms with E-state index >= 15 is 0 Å². The second-order valence-corrected chi connectivity index (χ2v) is 6.57. The Labute approximate surface area is 146 Å². The monoisotopic (exact) mass is 363 g/mol. The third-order valence-corrected chi connectivity index (χ3v) is 4.78. The van der Waals surface area contributed by atoms with E-state index < -0.39 is 0 Å². The van der Waals surface area contributed by atoms with Gasteiger partial charge in [-0.2, -0.15) is 0 Å². The van der Waals surface area contributed by atoms with Crippen LogP contribution in [-0.2, 0) is 11.3 Å². The predicted octanol–water partition coefficient (Wildman–Crippen LogP) is 3.29. The molecule has 2 heterocycles. The Morgan fingerprint density at radius 3 is 3.00 bits per heavy atom. The van der Waals surface area contributed by atoms with Gasteiger partial charge in [0.2, 0.25) is 5.91 Å². The highest BCUT2D eigenvalue weighted by atomic mass is 32.2. The molecule has 0 radical (unpaired) electrons. The van der Waals surface area contributed by atoms with Crippen LogP contribution >= 0.6 is 23.1 Å². The molecule has 0 aliphatic heterocycles. The lowest BCUT2D eigenvalue weighted by Gasteiger charge is -2.07. The molecule has 9 heteroatoms. The first-order valence-electron chi connectivity index (χ1n) is 7.18. The average Bonchev–Trinajstić information content (AvgIpc) is 3.21. The van der Waals surface area contributed by atoms with Crippen LogP contribution in [0.1, 0.15) is 6.92 Å². The van der Waals surface area contributed by atoms with Crippen molar-refractivity contribution in [3.05, 3.63) is 41.7 Å². The van der Waals surface area contributed by atoms with E-state index in [0.29, 0.717) is 28.2 Å². The normalized spacial score (nSPS) is 10.8. The summed E-state index contributed by atoms with van der Waals surface area (Å²) in [5.74, 6) is 0.295. The fraction of sp³-hybridized carbons (Fsp3) is 0.200. The van der Waals surface area contributed by atoms with Crippen LogP contribution in [0.25, 0.3) is 11.4 Å². The number of halogens is 1. The second-order valence-electron chi connectivity index (χ2n) is 4.73. The zero-order valence-electron chi connectivity index (χ0n) is 12.8. The van der Waals surface area contributed by atoms with Crippen LogP contribution in [-0.4, -0.2) is 31.4 Å². The Morgan fingerprint density at radius 2 is 2.29 bits per heavy atom. The highest BCUT2D eigenvalue weighted by molar-refractivity contribution is 7.99. The summed E-state index contributed by atoms with van der Waals surface area (Å²) in [6, 6.07) is 6.21. The molecule has 3 rings (SSSR count). The predicted molar refractivity (Wildman–Crippen MR) is 92.6 cm³/mol. The lowest BCUT2D eigenvalue weighted by Crippen LogP contribution is -2.14. The van der Waals surface area contributed by atoms with E-state index in [2.05, 4.69) is 20.5 Å². The molecule has 0 spiro atoms. The summed E-state index contributed by atoms with van der Waals surface area (Å²) in [5.41, 5.74) is 0.656. The fourth-order valence-corrected chi connectivity index (χ4v) is 3.44. The molecule has 0 aliphatic rings. The lowest BCUT2D eigenvalue weighted by molar-refractivity contribution is -0.113. The Balaban J connectivity index is 1.71. The van der Waals surface area contributed by atoms with Crippen molar-refractivity contribution < 1.29 is 9.18 Å². The number of hydrogen-bond acceptors (Lipinski definition) is 6. The van der Waals surface area contributed by atoms with Gasteiger partial charge in [0, 0.05) is 23.7 Å². The maximum atomic E-state index is 13.4. The molecule has 0 aliphatic carbocycles. The number of anilines is 1. The molecule has 0 saturated heterocycles. The van der Waals surface area contributed by atoms with E-state index in [1.54, 1.807) is 23.7 Å². The molecular weight excluding hydrogens is 349 g/mol. The van der Waals surface area contributed by atoms with Crippen molar-refractivity contribution in [2.75, 3.05) is 11.1 Å². The first-order valence-corrected chi connectivity index (χ1v) is 9.05. The number of rotatable bonds is 6. The summed E-state index contributed by atoms with van der Waals surface area (Å²) < 4.78 is 15.3. The molecule has 3 aromatic rings. The molecule has 1 aromatic carbocycles. The number of nitrogens with zero attached hydrogens (tertiary/aromatic N) is 4. The minimum atomic E-state index is -0.324. The highest BCUT2D eigenvalue weighted by Crippen LogP contribution is 2.24. The first-order chi connectivity index (χ1) is 11.7. The van der Waals surface area contributed by atoms with Crippen molar-refractivity contribution in [3.8, 4) is 11.4 Å². The van der Waals surface area contributed by atoms with Gasteiger partial charge in [-0.15, -0.1) is 21.5 Å². The molecule has 1 N–H and O–H groups in total. The molecular formula is C15H14FN5OS2. The third kappa shape index (κ3) is 3.80. The topological polar surface area (TPSA) is 72.7 Å². The number of thiazole rings is 1. The van der Waals surface area contributed by atoms with Gasteiger partial charge in [-0.1, -0.05) is 23.9 Å². The summed E-state index contributed by atoms with van der Waals surface area (Å²) in [6.45, 7) is 2.57. The number of amides is 1. The summed E-state index contributed by atoms with van der Waals surface area (Å²) in [5, 5.41) is 14.0. The van der Waals surface area contributed by atoms with E-state index in [1.807, 2.05) is 11.5 Å². The SMILES string of the molecule is CCn1c(SCC(=O)Nc2nccs2)nnc1-c1cccc(F)c1. The number of nitrogens with one attached hydrogen (secondary N) is 1. The quantitative estimate of drug-likeness (QED) is 0.681. The van der Waals surface area contributed by atoms with Crippen LogP contribution < -0.4 is 5.32 Å². The van der Waals surface area contributed by atoms with Crippen LogP contribution in [0.5, 0.6) is 0 Å². The third-order valence-electron chi connectivity index (χ3n) is 3.13. The van der Waals surface area contributed by atoms with Gasteiger partial charge in [0.15, 0.2) is 16.1 Å². The van der Waals surface area contributed by atoms with Crippen LogP contribution in [0.2, 0.25) is 0 Å². The van der Waals surface area contributed by atoms with Gasteiger partial charge >= 0.3 is 0 Å². The highest BCUT2D eigenvalue weighted by Gasteiger charge is 2.15. The maximum absolute atomic E-state index is 13.4. The zero-order chi connectivity index (χ0) is 16.9. The number of carbonyl (C=O) groups is 1. The maximum Gasteiger partial charge on any atom is 0.236 e. The van der Waals surface area contributed by atoms with Gasteiger partial charge in [-0.3, -0.25) is 4.79 Å². The molecule has 24 heavy (non-hydrogen) atoms. The summed E-state index contributed by atoms with van der Waals surface area (Å²) in [4.78, 5) is 15.9. The number of thioether (sulfide) groups is 1. The van der Waals surface area contributed by atoms with Crippen molar-refractivity contribution in [3.63, 3.8) is 0 Å². The van der Waals surface area contributed by atoms with Gasteiger partial charge in [0.25, 0.3) is 0 Å². The molecule has 0 bridgehead atoms. The Kier molecular flexibility index (Phi) is 5.21. The van der Waals surface area contributed by atoms with Gasteiger partial charge in [0.1, 0.15) is 5.82 Å². The Hall–Kier alpha value is -2.26. The molecule has 2 aromatic heterocycles. The van der Waals surface area contributed by atoms with Crippen molar-refractivity contribution in [1.29, 1.82) is 0 Å². The standard InChI is InChI=1S/C15H14FN5OS2/c1-2-21-13(10-4-3-5-11(16)8-10)19-20-15(21)24-9-12(22)18-14-17-6-7-23-14/h3-8H,2,9H2,1H3,(H,17,18,22). The molecule has 0 fully saturated rings. The number of carbonyl (C=O) groups excluding carboxylic acids is 1. The minimum absolute atomic E-state index is 0.159. The summed E-state index contributed by atoms with van der Waals surface area (Å²) >= 11 is 2.64. The molecule has 6 nitrogen and oxygen atoms in total. The van der Waals surface area contributed by atoms with Crippen molar-refractivity contribution in [1.82, 2.24) is 19.7 Å². The van der Waals surface area contributed by atoms with Crippen LogP contribution in [0.4, 0.5) is 9.52 Å². The summed E-state index contributed by atoms with van der Waals surface area (Å²) in [7, 11) is 0. The van der Waals surface area contributed by atoms with E-state index in [-0.39, 0.29) is 17.5 Å². The van der Waals surface area contributed by atoms with Crippen molar-refractivity contribution in [2.24, 2.45) is 0 Å². The number of aromatic nitrogens is 4. The molecule has 0 atom stereocenters. The van der Waals surface area contributed by atoms with E-state index in [1.165, 1.54) is 35.2 Å².